The largest absolute Gasteiger partial charge is 0.493 e. The number of aliphatic hydroxyl groups excluding tert-OH is 2. The third-order valence-electron chi connectivity index (χ3n) is 8.83. The SMILES string of the molecule is C=C(CO)CCOc1cc(OCCC(=C)CO)cc(-c2ccc(-c3ccc(C4CCC(CCCCC)CC4)c(F)c3)cc2)c1. The van der Waals surface area contributed by atoms with E-state index in [0.717, 1.165) is 46.6 Å². The first kappa shape index (κ1) is 33.5. The molecular formula is C39H49FO4. The highest BCUT2D eigenvalue weighted by molar-refractivity contribution is 5.72. The third kappa shape index (κ3) is 9.80. The molecule has 0 unspecified atom stereocenters. The molecule has 1 fully saturated rings. The van der Waals surface area contributed by atoms with Gasteiger partial charge in [-0.3, -0.25) is 0 Å². The molecule has 0 saturated heterocycles. The van der Waals surface area contributed by atoms with Gasteiger partial charge in [0.25, 0.3) is 0 Å². The van der Waals surface area contributed by atoms with Crippen molar-refractivity contribution >= 4 is 0 Å². The highest BCUT2D eigenvalue weighted by Crippen LogP contribution is 2.40. The van der Waals surface area contributed by atoms with Gasteiger partial charge in [-0.15, -0.1) is 0 Å². The van der Waals surface area contributed by atoms with Crippen molar-refractivity contribution in [2.75, 3.05) is 26.4 Å². The first-order chi connectivity index (χ1) is 21.4. The average molecular weight is 601 g/mol. The summed E-state index contributed by atoms with van der Waals surface area (Å²) in [6, 6.07) is 19.6. The van der Waals surface area contributed by atoms with Gasteiger partial charge in [-0.2, -0.15) is 0 Å². The van der Waals surface area contributed by atoms with E-state index in [4.69, 9.17) is 9.47 Å². The second-order valence-corrected chi connectivity index (χ2v) is 12.2. The molecule has 0 bridgehead atoms. The molecule has 2 N–H and O–H groups in total. The molecule has 3 aromatic rings. The molecule has 0 aliphatic heterocycles. The zero-order valence-electron chi connectivity index (χ0n) is 26.3. The molecule has 5 heteroatoms. The standard InChI is InChI=1S/C39H49FO4/c1-4-5-6-7-30-8-10-33(11-9-30)38-17-16-34(24-39(38)40)31-12-14-32(15-13-31)35-22-36(43-20-18-28(2)26-41)25-37(23-35)44-21-19-29(3)27-42/h12-17,22-25,30,33,41-42H,2-11,18-21,26-27H2,1H3. The fraction of sp³-hybridized carbons (Fsp3) is 0.436. The van der Waals surface area contributed by atoms with Gasteiger partial charge in [0, 0.05) is 18.9 Å². The van der Waals surface area contributed by atoms with Crippen molar-refractivity contribution in [3.63, 3.8) is 0 Å². The lowest BCUT2D eigenvalue weighted by Crippen LogP contribution is -2.14. The molecule has 4 rings (SSSR count). The maximum absolute atomic E-state index is 15.4. The molecule has 0 aromatic heterocycles. The minimum absolute atomic E-state index is 0.0638. The zero-order chi connectivity index (χ0) is 31.3. The molecule has 4 nitrogen and oxygen atoms in total. The molecule has 236 valence electrons. The fourth-order valence-corrected chi connectivity index (χ4v) is 6.03. The Morgan fingerprint density at radius 1 is 0.727 bits per heavy atom. The summed E-state index contributed by atoms with van der Waals surface area (Å²) in [6.45, 7) is 10.6. The van der Waals surface area contributed by atoms with E-state index in [9.17, 15) is 10.2 Å². The van der Waals surface area contributed by atoms with Gasteiger partial charge >= 0.3 is 0 Å². The van der Waals surface area contributed by atoms with E-state index in [2.05, 4.69) is 26.1 Å². The van der Waals surface area contributed by atoms with E-state index in [1.54, 1.807) is 6.07 Å². The number of halogens is 1. The van der Waals surface area contributed by atoms with Crippen molar-refractivity contribution < 1.29 is 24.1 Å². The van der Waals surface area contributed by atoms with Crippen LogP contribution < -0.4 is 9.47 Å². The number of hydrogen-bond acceptors (Lipinski definition) is 4. The van der Waals surface area contributed by atoms with E-state index < -0.39 is 0 Å². The van der Waals surface area contributed by atoms with Crippen molar-refractivity contribution in [2.24, 2.45) is 5.92 Å². The van der Waals surface area contributed by atoms with Crippen molar-refractivity contribution in [3.05, 3.63) is 96.3 Å². The van der Waals surface area contributed by atoms with E-state index in [1.165, 1.54) is 38.5 Å². The fourth-order valence-electron chi connectivity index (χ4n) is 6.03. The number of hydrogen-bond donors (Lipinski definition) is 2. The Hall–Kier alpha value is -3.41. The lowest BCUT2D eigenvalue weighted by molar-refractivity contribution is 0.285. The summed E-state index contributed by atoms with van der Waals surface area (Å²) in [4.78, 5) is 0. The lowest BCUT2D eigenvalue weighted by atomic mass is 9.76. The van der Waals surface area contributed by atoms with E-state index in [0.29, 0.717) is 54.6 Å². The van der Waals surface area contributed by atoms with E-state index in [1.807, 2.05) is 48.5 Å². The number of benzene rings is 3. The highest BCUT2D eigenvalue weighted by atomic mass is 19.1. The Balaban J connectivity index is 1.45. The van der Waals surface area contributed by atoms with Crippen molar-refractivity contribution in [1.29, 1.82) is 0 Å². The predicted molar refractivity (Wildman–Crippen MR) is 179 cm³/mol. The Morgan fingerprint density at radius 2 is 1.27 bits per heavy atom. The first-order valence-electron chi connectivity index (χ1n) is 16.3. The van der Waals surface area contributed by atoms with Crippen LogP contribution in [-0.4, -0.2) is 36.6 Å². The average Bonchev–Trinajstić information content (AvgIpc) is 3.05. The van der Waals surface area contributed by atoms with Crippen LogP contribution in [-0.2, 0) is 0 Å². The van der Waals surface area contributed by atoms with Crippen LogP contribution in [0.2, 0.25) is 0 Å². The van der Waals surface area contributed by atoms with Crippen LogP contribution in [0.25, 0.3) is 22.3 Å². The maximum atomic E-state index is 15.4. The van der Waals surface area contributed by atoms with Crippen LogP contribution >= 0.6 is 0 Å². The smallest absolute Gasteiger partial charge is 0.127 e. The van der Waals surface area contributed by atoms with Crippen LogP contribution in [0.15, 0.2) is 85.0 Å². The van der Waals surface area contributed by atoms with Crippen LogP contribution in [0.3, 0.4) is 0 Å². The van der Waals surface area contributed by atoms with E-state index in [-0.39, 0.29) is 19.0 Å². The second kappa shape index (κ2) is 17.2. The zero-order valence-corrected chi connectivity index (χ0v) is 26.3. The van der Waals surface area contributed by atoms with Gasteiger partial charge in [0.05, 0.1) is 26.4 Å². The summed E-state index contributed by atoms with van der Waals surface area (Å²) < 4.78 is 27.3. The molecule has 0 spiro atoms. The van der Waals surface area contributed by atoms with Gasteiger partial charge in [0.1, 0.15) is 17.3 Å². The minimum Gasteiger partial charge on any atom is -0.493 e. The predicted octanol–water partition coefficient (Wildman–Crippen LogP) is 9.65. The molecule has 1 saturated carbocycles. The summed E-state index contributed by atoms with van der Waals surface area (Å²) >= 11 is 0. The Kier molecular flexibility index (Phi) is 13.1. The molecule has 0 amide bonds. The number of rotatable bonds is 17. The minimum atomic E-state index is -0.0968. The Labute approximate surface area is 263 Å². The van der Waals surface area contributed by atoms with Crippen molar-refractivity contribution in [2.45, 2.75) is 77.0 Å². The second-order valence-electron chi connectivity index (χ2n) is 12.2. The molecule has 0 radical (unpaired) electrons. The van der Waals surface area contributed by atoms with Crippen molar-refractivity contribution in [1.82, 2.24) is 0 Å². The first-order valence-corrected chi connectivity index (χ1v) is 16.3. The summed E-state index contributed by atoms with van der Waals surface area (Å²) in [5, 5.41) is 18.5. The number of aliphatic hydroxyl groups is 2. The summed E-state index contributed by atoms with van der Waals surface area (Å²) in [5.41, 5.74) is 6.05. The highest BCUT2D eigenvalue weighted by Gasteiger charge is 2.24. The molecule has 1 aliphatic rings. The molecule has 1 aliphatic carbocycles. The molecule has 0 heterocycles. The number of ether oxygens (including phenoxy) is 2. The van der Waals surface area contributed by atoms with Gasteiger partial charge < -0.3 is 19.7 Å². The lowest BCUT2D eigenvalue weighted by Gasteiger charge is -2.29. The van der Waals surface area contributed by atoms with Gasteiger partial charge in [-0.05, 0) is 94.7 Å². The maximum Gasteiger partial charge on any atom is 0.127 e. The van der Waals surface area contributed by atoms with Gasteiger partial charge in [0.2, 0.25) is 0 Å². The number of unbranched alkanes of at least 4 members (excludes halogenated alkanes) is 2. The molecule has 0 atom stereocenters. The Morgan fingerprint density at radius 3 is 1.80 bits per heavy atom. The summed E-state index contributed by atoms with van der Waals surface area (Å²) in [7, 11) is 0. The molecular weight excluding hydrogens is 551 g/mol. The Bertz CT molecular complexity index is 1310. The third-order valence-corrected chi connectivity index (χ3v) is 8.83. The van der Waals surface area contributed by atoms with Crippen molar-refractivity contribution in [3.8, 4) is 33.8 Å². The monoisotopic (exact) mass is 600 g/mol. The van der Waals surface area contributed by atoms with Crippen LogP contribution in [0, 0.1) is 11.7 Å². The van der Waals surface area contributed by atoms with Crippen LogP contribution in [0.4, 0.5) is 4.39 Å². The van der Waals surface area contributed by atoms with Gasteiger partial charge in [0.15, 0.2) is 0 Å². The van der Waals surface area contributed by atoms with Crippen LogP contribution in [0.5, 0.6) is 11.5 Å². The molecule has 3 aromatic carbocycles. The summed E-state index contributed by atoms with van der Waals surface area (Å²) in [6.07, 6.45) is 10.9. The molecule has 44 heavy (non-hydrogen) atoms. The normalized spacial score (nSPS) is 16.5. The van der Waals surface area contributed by atoms with Gasteiger partial charge in [-0.25, -0.2) is 4.39 Å². The van der Waals surface area contributed by atoms with Crippen LogP contribution in [0.1, 0.15) is 82.6 Å². The summed E-state index contributed by atoms with van der Waals surface area (Å²) in [5.74, 6) is 2.34. The quantitative estimate of drug-likeness (QED) is 0.120. The van der Waals surface area contributed by atoms with Gasteiger partial charge in [-0.1, -0.05) is 82.2 Å². The van der Waals surface area contributed by atoms with E-state index >= 15 is 4.39 Å². The topological polar surface area (TPSA) is 58.9 Å².